The Bertz CT molecular complexity index is 560. The summed E-state index contributed by atoms with van der Waals surface area (Å²) in [6.45, 7) is 4.05. The Labute approximate surface area is 121 Å². The molecule has 0 saturated heterocycles. The molecule has 0 atom stereocenters. The Hall–Kier alpha value is -1.07. The first-order chi connectivity index (χ1) is 9.44. The molecule has 1 N–H and O–H groups in total. The van der Waals surface area contributed by atoms with Crippen LogP contribution >= 0.6 is 0 Å². The third-order valence-electron chi connectivity index (χ3n) is 3.81. The summed E-state index contributed by atoms with van der Waals surface area (Å²) in [6.07, 6.45) is 4.08. The van der Waals surface area contributed by atoms with Gasteiger partial charge in [-0.15, -0.1) is 0 Å². The van der Waals surface area contributed by atoms with Gasteiger partial charge in [-0.05, 0) is 42.5 Å². The van der Waals surface area contributed by atoms with Gasteiger partial charge in [0.1, 0.15) is 5.75 Å². The summed E-state index contributed by atoms with van der Waals surface area (Å²) in [4.78, 5) is 0.328. The first-order valence-electron chi connectivity index (χ1n) is 7.14. The Kier molecular flexibility index (Phi) is 4.70. The van der Waals surface area contributed by atoms with Crippen molar-refractivity contribution in [2.24, 2.45) is 0 Å². The van der Waals surface area contributed by atoms with E-state index in [1.165, 1.54) is 0 Å². The fraction of sp³-hybridized carbons (Fsp3) is 0.600. The van der Waals surface area contributed by atoms with Crippen molar-refractivity contribution in [2.75, 3.05) is 7.11 Å². The van der Waals surface area contributed by atoms with E-state index in [-0.39, 0.29) is 12.0 Å². The molecule has 0 spiro atoms. The van der Waals surface area contributed by atoms with Crippen molar-refractivity contribution in [1.82, 2.24) is 4.72 Å². The van der Waals surface area contributed by atoms with Gasteiger partial charge < -0.3 is 4.74 Å². The van der Waals surface area contributed by atoms with E-state index < -0.39 is 10.0 Å². The Balaban J connectivity index is 2.29. The number of hydrogen-bond acceptors (Lipinski definition) is 3. The first kappa shape index (κ1) is 15.3. The standard InChI is InChI=1S/C15H23NO3S/c1-11(2)14-10-13(8-9-15(14)19-3)20(17,18)16-12-6-4-5-7-12/h8-12,16H,4-7H2,1-3H3. The van der Waals surface area contributed by atoms with E-state index in [1.807, 2.05) is 13.8 Å². The van der Waals surface area contributed by atoms with Crippen LogP contribution < -0.4 is 9.46 Å². The van der Waals surface area contributed by atoms with Crippen molar-refractivity contribution in [3.05, 3.63) is 23.8 Å². The minimum atomic E-state index is -3.43. The second-order valence-electron chi connectivity index (χ2n) is 5.66. The molecule has 4 nitrogen and oxygen atoms in total. The highest BCUT2D eigenvalue weighted by atomic mass is 32.2. The van der Waals surface area contributed by atoms with Crippen LogP contribution in [0.25, 0.3) is 0 Å². The lowest BCUT2D eigenvalue weighted by Crippen LogP contribution is -2.32. The van der Waals surface area contributed by atoms with Crippen molar-refractivity contribution < 1.29 is 13.2 Å². The molecule has 20 heavy (non-hydrogen) atoms. The predicted molar refractivity (Wildman–Crippen MR) is 79.7 cm³/mol. The third kappa shape index (κ3) is 3.33. The highest BCUT2D eigenvalue weighted by Crippen LogP contribution is 2.29. The van der Waals surface area contributed by atoms with Gasteiger partial charge in [-0.25, -0.2) is 13.1 Å². The molecule has 112 valence electrons. The van der Waals surface area contributed by atoms with E-state index in [0.29, 0.717) is 4.90 Å². The SMILES string of the molecule is COc1ccc(S(=O)(=O)NC2CCCC2)cc1C(C)C. The molecule has 1 aliphatic rings. The Morgan fingerprint density at radius 3 is 2.45 bits per heavy atom. The molecule has 0 bridgehead atoms. The number of ether oxygens (including phenoxy) is 1. The van der Waals surface area contributed by atoms with E-state index >= 15 is 0 Å². The predicted octanol–water partition coefficient (Wildman–Crippen LogP) is 3.04. The quantitative estimate of drug-likeness (QED) is 0.909. The maximum absolute atomic E-state index is 12.4. The van der Waals surface area contributed by atoms with Crippen molar-refractivity contribution in [3.8, 4) is 5.75 Å². The summed E-state index contributed by atoms with van der Waals surface area (Å²) in [6, 6.07) is 5.16. The number of methoxy groups -OCH3 is 1. The maximum Gasteiger partial charge on any atom is 0.240 e. The van der Waals surface area contributed by atoms with Crippen LogP contribution in [0.1, 0.15) is 51.0 Å². The number of benzene rings is 1. The summed E-state index contributed by atoms with van der Waals surface area (Å²) < 4.78 is 32.9. The molecule has 1 fully saturated rings. The van der Waals surface area contributed by atoms with Crippen LogP contribution in [0.4, 0.5) is 0 Å². The van der Waals surface area contributed by atoms with Gasteiger partial charge >= 0.3 is 0 Å². The molecule has 0 amide bonds. The number of hydrogen-bond donors (Lipinski definition) is 1. The van der Waals surface area contributed by atoms with Gasteiger partial charge in [0.15, 0.2) is 0 Å². The molecule has 5 heteroatoms. The number of nitrogens with one attached hydrogen (secondary N) is 1. The molecule has 0 unspecified atom stereocenters. The molecule has 0 aromatic heterocycles. The van der Waals surface area contributed by atoms with Crippen molar-refractivity contribution in [2.45, 2.75) is 56.4 Å². The normalized spacial score (nSPS) is 16.8. The zero-order chi connectivity index (χ0) is 14.8. The van der Waals surface area contributed by atoms with Gasteiger partial charge in [0.25, 0.3) is 0 Å². The maximum atomic E-state index is 12.4. The minimum absolute atomic E-state index is 0.0876. The van der Waals surface area contributed by atoms with E-state index in [2.05, 4.69) is 4.72 Å². The number of rotatable bonds is 5. The van der Waals surface area contributed by atoms with Gasteiger partial charge in [-0.3, -0.25) is 0 Å². The van der Waals surface area contributed by atoms with Gasteiger partial charge in [-0.1, -0.05) is 26.7 Å². The fourth-order valence-corrected chi connectivity index (χ4v) is 4.00. The lowest BCUT2D eigenvalue weighted by Gasteiger charge is -2.16. The molecule has 0 radical (unpaired) electrons. The van der Waals surface area contributed by atoms with Gasteiger partial charge in [-0.2, -0.15) is 0 Å². The second-order valence-corrected chi connectivity index (χ2v) is 7.38. The van der Waals surface area contributed by atoms with Crippen LogP contribution in [0.15, 0.2) is 23.1 Å². The number of sulfonamides is 1. The molecule has 1 saturated carbocycles. The molecule has 1 aliphatic carbocycles. The molecule has 2 rings (SSSR count). The van der Waals surface area contributed by atoms with Crippen molar-refractivity contribution in [1.29, 1.82) is 0 Å². The topological polar surface area (TPSA) is 55.4 Å². The summed E-state index contributed by atoms with van der Waals surface area (Å²) in [7, 11) is -1.83. The van der Waals surface area contributed by atoms with Crippen LogP contribution in [0.2, 0.25) is 0 Å². The average Bonchev–Trinajstić information content (AvgIpc) is 2.89. The molecular weight excluding hydrogens is 274 g/mol. The molecular formula is C15H23NO3S. The summed E-state index contributed by atoms with van der Waals surface area (Å²) in [5, 5.41) is 0. The molecule has 1 aromatic rings. The lowest BCUT2D eigenvalue weighted by molar-refractivity contribution is 0.407. The van der Waals surface area contributed by atoms with Gasteiger partial charge in [0.05, 0.1) is 12.0 Å². The van der Waals surface area contributed by atoms with Gasteiger partial charge in [0, 0.05) is 6.04 Å². The van der Waals surface area contributed by atoms with Crippen LogP contribution in [-0.4, -0.2) is 21.6 Å². The first-order valence-corrected chi connectivity index (χ1v) is 8.62. The lowest BCUT2D eigenvalue weighted by atomic mass is 10.0. The van der Waals surface area contributed by atoms with Gasteiger partial charge in [0.2, 0.25) is 10.0 Å². The third-order valence-corrected chi connectivity index (χ3v) is 5.33. The summed E-state index contributed by atoms with van der Waals surface area (Å²) in [5.74, 6) is 0.950. The van der Waals surface area contributed by atoms with Crippen LogP contribution in [0.3, 0.4) is 0 Å². The van der Waals surface area contributed by atoms with Crippen molar-refractivity contribution in [3.63, 3.8) is 0 Å². The minimum Gasteiger partial charge on any atom is -0.496 e. The van der Waals surface area contributed by atoms with E-state index in [1.54, 1.807) is 25.3 Å². The fourth-order valence-electron chi connectivity index (χ4n) is 2.66. The summed E-state index contributed by atoms with van der Waals surface area (Å²) in [5.41, 5.74) is 0.918. The highest BCUT2D eigenvalue weighted by Gasteiger charge is 2.24. The zero-order valence-corrected chi connectivity index (χ0v) is 13.2. The van der Waals surface area contributed by atoms with Crippen LogP contribution in [0.5, 0.6) is 5.75 Å². The summed E-state index contributed by atoms with van der Waals surface area (Å²) >= 11 is 0. The molecule has 1 aromatic carbocycles. The van der Waals surface area contributed by atoms with Crippen LogP contribution in [0, 0.1) is 0 Å². The second kappa shape index (κ2) is 6.14. The average molecular weight is 297 g/mol. The smallest absolute Gasteiger partial charge is 0.240 e. The Morgan fingerprint density at radius 2 is 1.90 bits per heavy atom. The van der Waals surface area contributed by atoms with Crippen LogP contribution in [-0.2, 0) is 10.0 Å². The monoisotopic (exact) mass is 297 g/mol. The van der Waals surface area contributed by atoms with E-state index in [4.69, 9.17) is 4.74 Å². The van der Waals surface area contributed by atoms with E-state index in [9.17, 15) is 8.42 Å². The molecule has 0 aliphatic heterocycles. The Morgan fingerprint density at radius 1 is 1.25 bits per heavy atom. The van der Waals surface area contributed by atoms with Crippen molar-refractivity contribution >= 4 is 10.0 Å². The largest absolute Gasteiger partial charge is 0.496 e. The van der Waals surface area contributed by atoms with E-state index in [0.717, 1.165) is 37.0 Å². The molecule has 0 heterocycles. The highest BCUT2D eigenvalue weighted by molar-refractivity contribution is 7.89. The zero-order valence-electron chi connectivity index (χ0n) is 12.3.